The van der Waals surface area contributed by atoms with Crippen molar-refractivity contribution in [3.8, 4) is 5.75 Å². The molecule has 4 nitrogen and oxygen atoms in total. The van der Waals surface area contributed by atoms with E-state index in [-0.39, 0.29) is 12.4 Å². The summed E-state index contributed by atoms with van der Waals surface area (Å²) in [4.78, 5) is 11.6. The minimum atomic E-state index is -0.430. The van der Waals surface area contributed by atoms with Gasteiger partial charge in [-0.3, -0.25) is 0 Å². The number of hydrogen-bond donors (Lipinski definition) is 1. The minimum Gasteiger partial charge on any atom is -0.487 e. The smallest absolute Gasteiger partial charge is 0.338 e. The van der Waals surface area contributed by atoms with Crippen LogP contribution in [-0.2, 0) is 11.3 Å². The summed E-state index contributed by atoms with van der Waals surface area (Å²) in [7, 11) is 0. The Morgan fingerprint density at radius 3 is 2.71 bits per heavy atom. The van der Waals surface area contributed by atoms with Crippen molar-refractivity contribution >= 4 is 11.7 Å². The summed E-state index contributed by atoms with van der Waals surface area (Å²) in [5.41, 5.74) is 7.24. The zero-order valence-electron chi connectivity index (χ0n) is 11.6. The first-order valence-electron chi connectivity index (χ1n) is 6.54. The second kappa shape index (κ2) is 6.74. The van der Waals surface area contributed by atoms with Crippen LogP contribution in [0.3, 0.4) is 0 Å². The van der Waals surface area contributed by atoms with Gasteiger partial charge in [-0.1, -0.05) is 12.1 Å². The number of esters is 1. The first-order valence-corrected chi connectivity index (χ1v) is 6.54. The first-order chi connectivity index (χ1) is 10.1. The molecule has 0 aliphatic heterocycles. The van der Waals surface area contributed by atoms with E-state index >= 15 is 0 Å². The molecule has 5 heteroatoms. The molecule has 0 heterocycles. The maximum Gasteiger partial charge on any atom is 0.338 e. The van der Waals surface area contributed by atoms with Gasteiger partial charge in [-0.05, 0) is 42.8 Å². The number of carbonyl (C=O) groups is 1. The number of ether oxygens (including phenoxy) is 2. The Bertz CT molecular complexity index is 643. The molecule has 0 aliphatic rings. The van der Waals surface area contributed by atoms with E-state index in [2.05, 4.69) is 0 Å². The molecule has 0 spiro atoms. The van der Waals surface area contributed by atoms with Crippen molar-refractivity contribution in [2.24, 2.45) is 0 Å². The van der Waals surface area contributed by atoms with E-state index in [1.54, 1.807) is 31.2 Å². The molecule has 0 fully saturated rings. The second-order valence-corrected chi connectivity index (χ2v) is 4.39. The van der Waals surface area contributed by atoms with Gasteiger partial charge in [0.2, 0.25) is 0 Å². The van der Waals surface area contributed by atoms with E-state index in [4.69, 9.17) is 15.2 Å². The Morgan fingerprint density at radius 2 is 2.05 bits per heavy atom. The maximum absolute atomic E-state index is 13.1. The Morgan fingerprint density at radius 1 is 1.24 bits per heavy atom. The van der Waals surface area contributed by atoms with Crippen LogP contribution in [0.1, 0.15) is 22.8 Å². The third-order valence-corrected chi connectivity index (χ3v) is 2.80. The van der Waals surface area contributed by atoms with Crippen LogP contribution in [0.2, 0.25) is 0 Å². The lowest BCUT2D eigenvalue weighted by molar-refractivity contribution is 0.0526. The Kier molecular flexibility index (Phi) is 4.77. The average molecular weight is 289 g/mol. The fourth-order valence-corrected chi connectivity index (χ4v) is 1.81. The lowest BCUT2D eigenvalue weighted by Crippen LogP contribution is -2.06. The van der Waals surface area contributed by atoms with E-state index in [0.717, 1.165) is 0 Å². The highest BCUT2D eigenvalue weighted by Gasteiger charge is 2.09. The van der Waals surface area contributed by atoms with Crippen molar-refractivity contribution in [2.75, 3.05) is 12.3 Å². The van der Waals surface area contributed by atoms with Crippen LogP contribution in [0.4, 0.5) is 10.1 Å². The number of nitrogen functional groups attached to an aromatic ring is 1. The van der Waals surface area contributed by atoms with Crippen molar-refractivity contribution in [2.45, 2.75) is 13.5 Å². The lowest BCUT2D eigenvalue weighted by Gasteiger charge is -2.10. The van der Waals surface area contributed by atoms with Gasteiger partial charge in [0.1, 0.15) is 18.2 Å². The van der Waals surface area contributed by atoms with E-state index in [0.29, 0.717) is 29.2 Å². The third-order valence-electron chi connectivity index (χ3n) is 2.80. The molecule has 21 heavy (non-hydrogen) atoms. The molecule has 0 saturated carbocycles. The van der Waals surface area contributed by atoms with Gasteiger partial charge in [0.05, 0.1) is 17.9 Å². The molecule has 0 aliphatic carbocycles. The van der Waals surface area contributed by atoms with Gasteiger partial charge in [-0.2, -0.15) is 0 Å². The number of anilines is 1. The number of benzene rings is 2. The maximum atomic E-state index is 13.1. The average Bonchev–Trinajstić information content (AvgIpc) is 2.46. The second-order valence-electron chi connectivity index (χ2n) is 4.39. The number of rotatable bonds is 5. The van der Waals surface area contributed by atoms with Crippen LogP contribution in [0.25, 0.3) is 0 Å². The SMILES string of the molecule is CCOC(=O)c1ccc(OCc2cccc(F)c2)c(N)c1. The molecular formula is C16H16FNO3. The molecule has 110 valence electrons. The summed E-state index contributed by atoms with van der Waals surface area (Å²) < 4.78 is 23.5. The molecule has 0 bridgehead atoms. The largest absolute Gasteiger partial charge is 0.487 e. The third kappa shape index (κ3) is 3.95. The summed E-state index contributed by atoms with van der Waals surface area (Å²) in [6.07, 6.45) is 0. The molecule has 0 atom stereocenters. The zero-order chi connectivity index (χ0) is 15.2. The number of hydrogen-bond acceptors (Lipinski definition) is 4. The van der Waals surface area contributed by atoms with Crippen molar-refractivity contribution in [1.29, 1.82) is 0 Å². The van der Waals surface area contributed by atoms with E-state index < -0.39 is 5.97 Å². The number of halogens is 1. The van der Waals surface area contributed by atoms with Crippen molar-refractivity contribution < 1.29 is 18.7 Å². The molecule has 2 rings (SSSR count). The van der Waals surface area contributed by atoms with Crippen LogP contribution in [0.15, 0.2) is 42.5 Å². The Labute approximate surface area is 122 Å². The normalized spacial score (nSPS) is 10.2. The molecule has 2 aromatic rings. The first kappa shape index (κ1) is 14.8. The zero-order valence-corrected chi connectivity index (χ0v) is 11.6. The van der Waals surface area contributed by atoms with Gasteiger partial charge in [0.25, 0.3) is 0 Å². The summed E-state index contributed by atoms with van der Waals surface area (Å²) in [5, 5.41) is 0. The van der Waals surface area contributed by atoms with Crippen molar-refractivity contribution in [3.05, 3.63) is 59.4 Å². The molecule has 2 aromatic carbocycles. The van der Waals surface area contributed by atoms with Gasteiger partial charge in [-0.25, -0.2) is 9.18 Å². The molecule has 0 unspecified atom stereocenters. The fourth-order valence-electron chi connectivity index (χ4n) is 1.81. The topological polar surface area (TPSA) is 61.5 Å². The quantitative estimate of drug-likeness (QED) is 0.678. The molecular weight excluding hydrogens is 273 g/mol. The van der Waals surface area contributed by atoms with Crippen LogP contribution in [0.5, 0.6) is 5.75 Å². The van der Waals surface area contributed by atoms with Crippen LogP contribution >= 0.6 is 0 Å². The predicted octanol–water partition coefficient (Wildman–Crippen LogP) is 3.16. The van der Waals surface area contributed by atoms with Gasteiger partial charge in [0.15, 0.2) is 0 Å². The summed E-state index contributed by atoms with van der Waals surface area (Å²) in [6, 6.07) is 10.8. The minimum absolute atomic E-state index is 0.195. The Balaban J connectivity index is 2.06. The number of carbonyl (C=O) groups excluding carboxylic acids is 1. The highest BCUT2D eigenvalue weighted by molar-refractivity contribution is 5.91. The number of nitrogens with two attached hydrogens (primary N) is 1. The van der Waals surface area contributed by atoms with Gasteiger partial charge in [0, 0.05) is 0 Å². The fraction of sp³-hybridized carbons (Fsp3) is 0.188. The summed E-state index contributed by atoms with van der Waals surface area (Å²) in [6.45, 7) is 2.23. The van der Waals surface area contributed by atoms with Crippen LogP contribution in [-0.4, -0.2) is 12.6 Å². The molecule has 2 N–H and O–H groups in total. The predicted molar refractivity (Wildman–Crippen MR) is 77.5 cm³/mol. The molecule has 0 saturated heterocycles. The van der Waals surface area contributed by atoms with Gasteiger partial charge < -0.3 is 15.2 Å². The molecule has 0 aromatic heterocycles. The van der Waals surface area contributed by atoms with E-state index in [1.165, 1.54) is 18.2 Å². The standard InChI is InChI=1S/C16H16FNO3/c1-2-20-16(19)12-6-7-15(14(18)9-12)21-10-11-4-3-5-13(17)8-11/h3-9H,2,10,18H2,1H3. The van der Waals surface area contributed by atoms with Crippen LogP contribution in [0, 0.1) is 5.82 Å². The monoisotopic (exact) mass is 289 g/mol. The molecule has 0 radical (unpaired) electrons. The lowest BCUT2D eigenvalue weighted by atomic mass is 10.2. The van der Waals surface area contributed by atoms with Crippen molar-refractivity contribution in [1.82, 2.24) is 0 Å². The highest BCUT2D eigenvalue weighted by Crippen LogP contribution is 2.24. The van der Waals surface area contributed by atoms with E-state index in [9.17, 15) is 9.18 Å². The van der Waals surface area contributed by atoms with Gasteiger partial charge in [-0.15, -0.1) is 0 Å². The van der Waals surface area contributed by atoms with Crippen LogP contribution < -0.4 is 10.5 Å². The molecule has 0 amide bonds. The summed E-state index contributed by atoms with van der Waals surface area (Å²) in [5.74, 6) is -0.310. The summed E-state index contributed by atoms with van der Waals surface area (Å²) >= 11 is 0. The van der Waals surface area contributed by atoms with E-state index in [1.807, 2.05) is 0 Å². The highest BCUT2D eigenvalue weighted by atomic mass is 19.1. The van der Waals surface area contributed by atoms with Crippen molar-refractivity contribution in [3.63, 3.8) is 0 Å². The Hall–Kier alpha value is -2.56. The van der Waals surface area contributed by atoms with Gasteiger partial charge >= 0.3 is 5.97 Å².